The van der Waals surface area contributed by atoms with Crippen molar-refractivity contribution < 1.29 is 31.1 Å². The predicted octanol–water partition coefficient (Wildman–Crippen LogP) is 3.60. The third-order valence-electron chi connectivity index (χ3n) is 5.91. The highest BCUT2D eigenvalue weighted by atomic mass is 32.2. The van der Waals surface area contributed by atoms with E-state index in [-0.39, 0.29) is 23.0 Å². The van der Waals surface area contributed by atoms with E-state index in [1.54, 1.807) is 42.5 Å². The fourth-order valence-corrected chi connectivity index (χ4v) is 5.64. The van der Waals surface area contributed by atoms with E-state index in [0.29, 0.717) is 22.6 Å². The Balaban J connectivity index is 1.63. The fourth-order valence-electron chi connectivity index (χ4n) is 3.99. The van der Waals surface area contributed by atoms with E-state index < -0.39 is 31.7 Å². The molecule has 0 fully saturated rings. The molecule has 1 aliphatic rings. The molecular formula is C26H27NO7S2. The third-order valence-corrected chi connectivity index (χ3v) is 8.41. The average Bonchev–Trinajstić information content (AvgIpc) is 3.30. The van der Waals surface area contributed by atoms with Crippen LogP contribution in [0, 0.1) is 0 Å². The Bertz CT molecular complexity index is 1460. The van der Waals surface area contributed by atoms with Crippen LogP contribution in [0.4, 0.5) is 0 Å². The molecule has 1 aliphatic heterocycles. The second-order valence-electron chi connectivity index (χ2n) is 8.65. The number of amides is 1. The van der Waals surface area contributed by atoms with Crippen LogP contribution in [0.25, 0.3) is 0 Å². The highest BCUT2D eigenvalue weighted by Crippen LogP contribution is 2.36. The van der Waals surface area contributed by atoms with Crippen molar-refractivity contribution in [1.82, 2.24) is 4.72 Å². The monoisotopic (exact) mass is 529 g/mol. The van der Waals surface area contributed by atoms with Gasteiger partial charge in [0, 0.05) is 6.26 Å². The second kappa shape index (κ2) is 10.3. The minimum Gasteiger partial charge on any atom is -0.454 e. The van der Waals surface area contributed by atoms with Crippen LogP contribution < -0.4 is 14.2 Å². The van der Waals surface area contributed by atoms with Gasteiger partial charge >= 0.3 is 0 Å². The van der Waals surface area contributed by atoms with Crippen LogP contribution in [0.15, 0.2) is 76.5 Å². The third kappa shape index (κ3) is 5.88. The molecule has 1 amide bonds. The van der Waals surface area contributed by atoms with Crippen LogP contribution in [0.3, 0.4) is 0 Å². The quantitative estimate of drug-likeness (QED) is 0.450. The lowest BCUT2D eigenvalue weighted by molar-refractivity contribution is -0.120. The van der Waals surface area contributed by atoms with Gasteiger partial charge in [0.1, 0.15) is 0 Å². The van der Waals surface area contributed by atoms with E-state index in [0.717, 1.165) is 24.7 Å². The van der Waals surface area contributed by atoms with Crippen molar-refractivity contribution in [3.63, 3.8) is 0 Å². The maximum atomic E-state index is 13.4. The smallest absolute Gasteiger partial charge is 0.264 e. The number of sulfonamides is 1. The van der Waals surface area contributed by atoms with Crippen molar-refractivity contribution in [2.45, 2.75) is 41.9 Å². The first-order chi connectivity index (χ1) is 17.1. The van der Waals surface area contributed by atoms with Gasteiger partial charge in [0.2, 0.25) is 12.7 Å². The Kier molecular flexibility index (Phi) is 7.37. The summed E-state index contributed by atoms with van der Waals surface area (Å²) in [5, 5.41) is 0. The van der Waals surface area contributed by atoms with Crippen LogP contribution in [-0.4, -0.2) is 35.8 Å². The summed E-state index contributed by atoms with van der Waals surface area (Å²) in [6.45, 7) is 2.10. The molecule has 190 valence electrons. The van der Waals surface area contributed by atoms with Gasteiger partial charge in [0.05, 0.1) is 15.7 Å². The summed E-state index contributed by atoms with van der Waals surface area (Å²) >= 11 is 0. The lowest BCUT2D eigenvalue weighted by Gasteiger charge is -2.18. The molecule has 3 aromatic rings. The Morgan fingerprint density at radius 1 is 0.861 bits per heavy atom. The molecule has 1 heterocycles. The van der Waals surface area contributed by atoms with E-state index in [4.69, 9.17) is 9.47 Å². The van der Waals surface area contributed by atoms with Crippen molar-refractivity contribution in [2.24, 2.45) is 0 Å². The summed E-state index contributed by atoms with van der Waals surface area (Å²) in [4.78, 5) is 13.5. The molecule has 0 aromatic heterocycles. The normalized spacial score (nSPS) is 13.8. The maximum Gasteiger partial charge on any atom is 0.264 e. The number of fused-ring (bicyclic) bond motifs is 1. The van der Waals surface area contributed by atoms with Crippen molar-refractivity contribution in [3.8, 4) is 11.5 Å². The molecule has 4 rings (SSSR count). The Morgan fingerprint density at radius 2 is 1.47 bits per heavy atom. The molecule has 0 radical (unpaired) electrons. The summed E-state index contributed by atoms with van der Waals surface area (Å²) < 4.78 is 62.6. The van der Waals surface area contributed by atoms with Crippen LogP contribution in [0.2, 0.25) is 0 Å². The van der Waals surface area contributed by atoms with Crippen LogP contribution in [0.5, 0.6) is 11.5 Å². The van der Waals surface area contributed by atoms with Crippen LogP contribution in [0.1, 0.15) is 36.0 Å². The minimum atomic E-state index is -4.11. The fraction of sp³-hybridized carbons (Fsp3) is 0.269. The van der Waals surface area contributed by atoms with Crippen LogP contribution in [-0.2, 0) is 37.5 Å². The van der Waals surface area contributed by atoms with Gasteiger partial charge in [0.25, 0.3) is 10.0 Å². The Morgan fingerprint density at radius 3 is 2.11 bits per heavy atom. The molecule has 0 aliphatic carbocycles. The lowest BCUT2D eigenvalue weighted by Crippen LogP contribution is -2.35. The molecule has 0 spiro atoms. The number of hydrogen-bond acceptors (Lipinski definition) is 7. The zero-order valence-electron chi connectivity index (χ0n) is 19.9. The molecule has 0 saturated carbocycles. The first kappa shape index (κ1) is 25.7. The van der Waals surface area contributed by atoms with Gasteiger partial charge in [-0.25, -0.2) is 21.6 Å². The van der Waals surface area contributed by atoms with Gasteiger partial charge in [0.15, 0.2) is 21.3 Å². The zero-order valence-corrected chi connectivity index (χ0v) is 21.6. The number of sulfone groups is 1. The zero-order chi connectivity index (χ0) is 25.9. The van der Waals surface area contributed by atoms with E-state index >= 15 is 0 Å². The van der Waals surface area contributed by atoms with Crippen molar-refractivity contribution in [1.29, 1.82) is 0 Å². The first-order valence-electron chi connectivity index (χ1n) is 11.4. The molecular weight excluding hydrogens is 502 g/mol. The van der Waals surface area contributed by atoms with Gasteiger partial charge in [-0.2, -0.15) is 0 Å². The van der Waals surface area contributed by atoms with Crippen molar-refractivity contribution >= 4 is 25.8 Å². The largest absolute Gasteiger partial charge is 0.454 e. The molecule has 10 heteroatoms. The number of carbonyl (C=O) groups excluding carboxylic acids is 1. The molecule has 36 heavy (non-hydrogen) atoms. The van der Waals surface area contributed by atoms with Crippen LogP contribution >= 0.6 is 0 Å². The number of hydrogen-bond donors (Lipinski definition) is 1. The second-order valence-corrected chi connectivity index (χ2v) is 12.3. The first-order valence-corrected chi connectivity index (χ1v) is 14.8. The van der Waals surface area contributed by atoms with E-state index in [9.17, 15) is 21.6 Å². The lowest BCUT2D eigenvalue weighted by atomic mass is 9.91. The molecule has 1 atom stereocenters. The van der Waals surface area contributed by atoms with Gasteiger partial charge in [-0.05, 0) is 65.9 Å². The Labute approximate surface area is 211 Å². The summed E-state index contributed by atoms with van der Waals surface area (Å²) in [7, 11) is -7.48. The van der Waals surface area contributed by atoms with Gasteiger partial charge in [-0.1, -0.05) is 43.7 Å². The molecule has 0 bridgehead atoms. The summed E-state index contributed by atoms with van der Waals surface area (Å²) in [5.41, 5.74) is 2.22. The van der Waals surface area contributed by atoms with E-state index in [1.807, 2.05) is 6.92 Å². The number of benzene rings is 3. The maximum absolute atomic E-state index is 13.4. The van der Waals surface area contributed by atoms with Crippen molar-refractivity contribution in [3.05, 3.63) is 83.4 Å². The molecule has 1 unspecified atom stereocenters. The number of carbonyl (C=O) groups is 1. The molecule has 0 saturated heterocycles. The highest BCUT2D eigenvalue weighted by Gasteiger charge is 2.28. The highest BCUT2D eigenvalue weighted by molar-refractivity contribution is 7.90. The predicted molar refractivity (Wildman–Crippen MR) is 134 cm³/mol. The SMILES string of the molecule is CCCc1ccc(S(=O)(=O)NC(=O)C(Cc2ccc(S(C)(=O)=O)cc2)c2ccc3c(c2)OCO3)cc1. The number of rotatable bonds is 9. The van der Waals surface area contributed by atoms with E-state index in [2.05, 4.69) is 4.72 Å². The number of aryl methyl sites for hydroxylation is 1. The minimum absolute atomic E-state index is 0.00218. The summed E-state index contributed by atoms with van der Waals surface area (Å²) in [6, 6.07) is 17.6. The standard InChI is InChI=1S/C26H27NO7S2/c1-3-4-18-5-12-22(13-6-18)36(31,32)27-26(28)23(20-9-14-24-25(16-20)34-17-33-24)15-19-7-10-21(11-8-19)35(2,29)30/h5-14,16,23H,3-4,15,17H2,1-2H3,(H,27,28). The molecule has 8 nitrogen and oxygen atoms in total. The molecule has 3 aromatic carbocycles. The summed E-state index contributed by atoms with van der Waals surface area (Å²) in [6.07, 6.45) is 3.02. The number of ether oxygens (including phenoxy) is 2. The van der Waals surface area contributed by atoms with Gasteiger partial charge in [-0.15, -0.1) is 0 Å². The topological polar surface area (TPSA) is 116 Å². The van der Waals surface area contributed by atoms with Crippen molar-refractivity contribution in [2.75, 3.05) is 13.0 Å². The molecule has 1 N–H and O–H groups in total. The average molecular weight is 530 g/mol. The Hall–Kier alpha value is -3.37. The van der Waals surface area contributed by atoms with E-state index in [1.165, 1.54) is 24.3 Å². The van der Waals surface area contributed by atoms with Gasteiger partial charge < -0.3 is 9.47 Å². The summed E-state index contributed by atoms with van der Waals surface area (Å²) in [5.74, 6) is -0.598. The van der Waals surface area contributed by atoms with Gasteiger partial charge in [-0.3, -0.25) is 4.79 Å². The number of nitrogens with one attached hydrogen (secondary N) is 1.